The predicted octanol–water partition coefficient (Wildman–Crippen LogP) is 2.28. The molecule has 2 rings (SSSR count). The molecule has 1 aliphatic rings. The second-order valence-electron chi connectivity index (χ2n) is 4.85. The highest BCUT2D eigenvalue weighted by Gasteiger charge is 2.29. The number of anilines is 1. The van der Waals surface area contributed by atoms with E-state index in [9.17, 15) is 8.42 Å². The molecule has 1 aromatic rings. The molecule has 1 saturated heterocycles. The second kappa shape index (κ2) is 6.07. The largest absolute Gasteiger partial charge is 0.399 e. The van der Waals surface area contributed by atoms with Crippen molar-refractivity contribution < 1.29 is 13.2 Å². The van der Waals surface area contributed by atoms with Crippen LogP contribution in [0, 0.1) is 5.92 Å². The van der Waals surface area contributed by atoms with Gasteiger partial charge in [0, 0.05) is 24.3 Å². The van der Waals surface area contributed by atoms with Crippen LogP contribution in [0.3, 0.4) is 0 Å². The van der Waals surface area contributed by atoms with Gasteiger partial charge in [0.2, 0.25) is 10.0 Å². The molecule has 0 aliphatic carbocycles. The summed E-state index contributed by atoms with van der Waals surface area (Å²) in [5, 5.41) is 0.0229. The van der Waals surface area contributed by atoms with E-state index in [2.05, 4.69) is 4.72 Å². The van der Waals surface area contributed by atoms with E-state index >= 15 is 0 Å². The summed E-state index contributed by atoms with van der Waals surface area (Å²) in [5.41, 5.74) is 5.89. The zero-order valence-corrected chi connectivity index (χ0v) is 13.2. The summed E-state index contributed by atoms with van der Waals surface area (Å²) < 4.78 is 32.6. The van der Waals surface area contributed by atoms with Gasteiger partial charge in [0.05, 0.1) is 16.7 Å². The molecule has 1 aromatic carbocycles. The van der Waals surface area contributed by atoms with Crippen LogP contribution in [-0.4, -0.2) is 27.7 Å². The Bertz CT molecular complexity index is 578. The number of sulfonamides is 1. The molecular weight excluding hydrogens is 323 g/mol. The Kier molecular flexibility index (Phi) is 4.81. The third kappa shape index (κ3) is 3.38. The van der Waals surface area contributed by atoms with Crippen molar-refractivity contribution in [1.29, 1.82) is 0 Å². The molecule has 0 saturated carbocycles. The van der Waals surface area contributed by atoms with E-state index in [0.717, 1.165) is 6.42 Å². The number of halogens is 2. The number of ether oxygens (including phenoxy) is 1. The lowest BCUT2D eigenvalue weighted by Crippen LogP contribution is -2.38. The first-order valence-corrected chi connectivity index (χ1v) is 8.40. The Morgan fingerprint density at radius 3 is 2.50 bits per heavy atom. The fourth-order valence-corrected chi connectivity index (χ4v) is 4.73. The van der Waals surface area contributed by atoms with E-state index in [1.54, 1.807) is 6.92 Å². The lowest BCUT2D eigenvalue weighted by atomic mass is 10.0. The van der Waals surface area contributed by atoms with Crippen LogP contribution < -0.4 is 10.5 Å². The molecule has 0 amide bonds. The first kappa shape index (κ1) is 15.9. The van der Waals surface area contributed by atoms with Crippen LogP contribution in [0.5, 0.6) is 0 Å². The van der Waals surface area contributed by atoms with Crippen molar-refractivity contribution in [3.63, 3.8) is 0 Å². The van der Waals surface area contributed by atoms with Gasteiger partial charge in [0.1, 0.15) is 4.90 Å². The van der Waals surface area contributed by atoms with E-state index in [1.165, 1.54) is 12.1 Å². The molecule has 0 aromatic heterocycles. The van der Waals surface area contributed by atoms with Crippen LogP contribution in [0.2, 0.25) is 10.0 Å². The molecule has 0 spiro atoms. The Morgan fingerprint density at radius 2 is 2.00 bits per heavy atom. The van der Waals surface area contributed by atoms with Crippen molar-refractivity contribution in [3.05, 3.63) is 22.2 Å². The van der Waals surface area contributed by atoms with E-state index in [4.69, 9.17) is 33.7 Å². The van der Waals surface area contributed by atoms with Gasteiger partial charge in [-0.05, 0) is 25.5 Å². The molecule has 1 heterocycles. The maximum atomic E-state index is 12.4. The zero-order chi connectivity index (χ0) is 14.9. The second-order valence-corrected chi connectivity index (χ2v) is 7.31. The van der Waals surface area contributed by atoms with E-state index < -0.39 is 10.0 Å². The number of hydrogen-bond donors (Lipinski definition) is 2. The Labute approximate surface area is 128 Å². The highest BCUT2D eigenvalue weighted by atomic mass is 35.5. The molecule has 1 aliphatic heterocycles. The summed E-state index contributed by atoms with van der Waals surface area (Å²) in [6.07, 6.45) is 0.826. The van der Waals surface area contributed by atoms with Gasteiger partial charge in [-0.2, -0.15) is 0 Å². The summed E-state index contributed by atoms with van der Waals surface area (Å²) in [5.74, 6) is 0.149. The molecule has 3 N–H and O–H groups in total. The normalized spacial score (nSPS) is 21.1. The molecule has 1 fully saturated rings. The van der Waals surface area contributed by atoms with Crippen molar-refractivity contribution in [3.8, 4) is 0 Å². The smallest absolute Gasteiger partial charge is 0.243 e. The summed E-state index contributed by atoms with van der Waals surface area (Å²) in [6.45, 7) is 3.00. The lowest BCUT2D eigenvalue weighted by Gasteiger charge is -2.20. The Hall–Kier alpha value is -0.530. The Balaban J connectivity index is 2.26. The molecule has 2 atom stereocenters. The van der Waals surface area contributed by atoms with Crippen LogP contribution in [0.4, 0.5) is 5.69 Å². The summed E-state index contributed by atoms with van der Waals surface area (Å²) in [7, 11) is -3.80. The van der Waals surface area contributed by atoms with E-state index in [0.29, 0.717) is 18.9 Å². The van der Waals surface area contributed by atoms with Crippen molar-refractivity contribution in [2.45, 2.75) is 24.3 Å². The molecule has 8 heteroatoms. The van der Waals surface area contributed by atoms with E-state index in [1.807, 2.05) is 0 Å². The third-order valence-electron chi connectivity index (χ3n) is 3.30. The van der Waals surface area contributed by atoms with Gasteiger partial charge in [-0.15, -0.1) is 0 Å². The monoisotopic (exact) mass is 338 g/mol. The highest BCUT2D eigenvalue weighted by Crippen LogP contribution is 2.32. The number of nitrogens with one attached hydrogen (secondary N) is 1. The SMILES string of the molecule is CC(NS(=O)(=O)c1c(Cl)cc(N)cc1Cl)C1CCOC1. The Morgan fingerprint density at radius 1 is 1.40 bits per heavy atom. The van der Waals surface area contributed by atoms with Crippen LogP contribution in [-0.2, 0) is 14.8 Å². The van der Waals surface area contributed by atoms with Gasteiger partial charge in [-0.3, -0.25) is 0 Å². The van der Waals surface area contributed by atoms with Gasteiger partial charge in [0.25, 0.3) is 0 Å². The van der Waals surface area contributed by atoms with Crippen LogP contribution >= 0.6 is 23.2 Å². The molecule has 2 unspecified atom stereocenters. The average Bonchev–Trinajstić information content (AvgIpc) is 2.78. The predicted molar refractivity (Wildman–Crippen MR) is 79.6 cm³/mol. The number of nitrogen functional groups attached to an aromatic ring is 1. The molecule has 20 heavy (non-hydrogen) atoms. The molecule has 0 bridgehead atoms. The van der Waals surface area contributed by atoms with Crippen LogP contribution in [0.15, 0.2) is 17.0 Å². The fraction of sp³-hybridized carbons (Fsp3) is 0.500. The van der Waals surface area contributed by atoms with Gasteiger partial charge in [-0.25, -0.2) is 13.1 Å². The maximum absolute atomic E-state index is 12.4. The van der Waals surface area contributed by atoms with Crippen molar-refractivity contribution in [1.82, 2.24) is 4.72 Å². The minimum absolute atomic E-state index is 0.0115. The maximum Gasteiger partial charge on any atom is 0.243 e. The third-order valence-corrected chi connectivity index (χ3v) is 5.78. The molecular formula is C12H16Cl2N2O3S. The molecule has 112 valence electrons. The quantitative estimate of drug-likeness (QED) is 0.825. The van der Waals surface area contributed by atoms with Gasteiger partial charge in [-0.1, -0.05) is 23.2 Å². The topological polar surface area (TPSA) is 81.4 Å². The number of benzene rings is 1. The summed E-state index contributed by atoms with van der Waals surface area (Å²) in [4.78, 5) is -0.138. The first-order valence-electron chi connectivity index (χ1n) is 6.16. The fourth-order valence-electron chi connectivity index (χ4n) is 2.18. The molecule has 5 nitrogen and oxygen atoms in total. The zero-order valence-electron chi connectivity index (χ0n) is 10.9. The first-order chi connectivity index (χ1) is 9.31. The van der Waals surface area contributed by atoms with Gasteiger partial charge in [0.15, 0.2) is 0 Å². The minimum Gasteiger partial charge on any atom is -0.399 e. The average molecular weight is 339 g/mol. The van der Waals surface area contributed by atoms with Gasteiger partial charge >= 0.3 is 0 Å². The van der Waals surface area contributed by atoms with Crippen molar-refractivity contribution >= 4 is 38.9 Å². The number of hydrogen-bond acceptors (Lipinski definition) is 4. The lowest BCUT2D eigenvalue weighted by molar-refractivity contribution is 0.180. The van der Waals surface area contributed by atoms with Crippen molar-refractivity contribution in [2.24, 2.45) is 5.92 Å². The minimum atomic E-state index is -3.80. The molecule has 0 radical (unpaired) electrons. The van der Waals surface area contributed by atoms with Gasteiger partial charge < -0.3 is 10.5 Å². The van der Waals surface area contributed by atoms with E-state index in [-0.39, 0.29) is 26.9 Å². The highest BCUT2D eigenvalue weighted by molar-refractivity contribution is 7.89. The summed E-state index contributed by atoms with van der Waals surface area (Å²) in [6, 6.07) is 2.48. The number of nitrogens with two attached hydrogens (primary N) is 1. The van der Waals surface area contributed by atoms with Crippen molar-refractivity contribution in [2.75, 3.05) is 18.9 Å². The summed E-state index contributed by atoms with van der Waals surface area (Å²) >= 11 is 11.9. The van der Waals surface area contributed by atoms with Crippen LogP contribution in [0.25, 0.3) is 0 Å². The number of rotatable bonds is 4. The standard InChI is InChI=1S/C12H16Cl2N2O3S/c1-7(8-2-3-19-6-8)16-20(17,18)12-10(13)4-9(15)5-11(12)14/h4-5,7-8,16H,2-3,6,15H2,1H3. The van der Waals surface area contributed by atoms with Crippen LogP contribution in [0.1, 0.15) is 13.3 Å².